The van der Waals surface area contributed by atoms with Crippen LogP contribution < -0.4 is 0 Å². The minimum Gasteiger partial charge on any atom is -0.462 e. The van der Waals surface area contributed by atoms with Crippen molar-refractivity contribution in [2.45, 2.75) is 58.9 Å². The van der Waals surface area contributed by atoms with Crippen LogP contribution in [0.1, 0.15) is 71.1 Å². The molecule has 2 heterocycles. The first kappa shape index (κ1) is 23.7. The molecule has 1 amide bonds. The van der Waals surface area contributed by atoms with Crippen LogP contribution in [0.15, 0.2) is 0 Å². The van der Waals surface area contributed by atoms with E-state index in [2.05, 4.69) is 4.98 Å². The lowest BCUT2D eigenvalue weighted by Crippen LogP contribution is -2.55. The number of aromatic amines is 1. The first-order valence-electron chi connectivity index (χ1n) is 11.1. The molecule has 174 valence electrons. The van der Waals surface area contributed by atoms with Gasteiger partial charge in [0.2, 0.25) is 0 Å². The minimum absolute atomic E-state index is 0.0595. The predicted molar refractivity (Wildman–Crippen MR) is 117 cm³/mol. The summed E-state index contributed by atoms with van der Waals surface area (Å²) in [7, 11) is -1.87. The average molecular weight is 455 g/mol. The summed E-state index contributed by atoms with van der Waals surface area (Å²) >= 11 is 0. The molecule has 0 bridgehead atoms. The number of aromatic nitrogens is 1. The number of ether oxygens (including phenoxy) is 1. The van der Waals surface area contributed by atoms with Crippen molar-refractivity contribution in [1.29, 1.82) is 0 Å². The van der Waals surface area contributed by atoms with Gasteiger partial charge in [-0.3, -0.25) is 4.79 Å². The predicted octanol–water partition coefficient (Wildman–Crippen LogP) is 2.08. The van der Waals surface area contributed by atoms with Gasteiger partial charge in [0.05, 0.1) is 12.2 Å². The lowest BCUT2D eigenvalue weighted by molar-refractivity contribution is 0.0525. The van der Waals surface area contributed by atoms with Gasteiger partial charge < -0.3 is 14.6 Å². The molecule has 31 heavy (non-hydrogen) atoms. The Labute approximate surface area is 184 Å². The fourth-order valence-electron chi connectivity index (χ4n) is 4.57. The molecule has 1 aromatic heterocycles. The summed E-state index contributed by atoms with van der Waals surface area (Å²) in [6.45, 7) is 6.59. The number of carbonyl (C=O) groups is 2. The molecule has 1 N–H and O–H groups in total. The topological polar surface area (TPSA) is 103 Å². The average Bonchev–Trinajstić information content (AvgIpc) is 3.07. The van der Waals surface area contributed by atoms with Crippen molar-refractivity contribution in [3.63, 3.8) is 0 Å². The van der Waals surface area contributed by atoms with Crippen LogP contribution >= 0.6 is 0 Å². The minimum atomic E-state index is -3.54. The Hall–Kier alpha value is -1.91. The number of carbonyl (C=O) groups excluding carboxylic acids is 2. The molecule has 1 aromatic rings. The molecule has 1 saturated carbocycles. The molecule has 0 atom stereocenters. The lowest BCUT2D eigenvalue weighted by Gasteiger charge is -2.38. The highest BCUT2D eigenvalue weighted by Gasteiger charge is 2.36. The van der Waals surface area contributed by atoms with Crippen LogP contribution in [-0.4, -0.2) is 84.7 Å². The van der Waals surface area contributed by atoms with Crippen molar-refractivity contribution < 1.29 is 22.7 Å². The Morgan fingerprint density at radius 3 is 2.29 bits per heavy atom. The number of aryl methyl sites for hydroxylation is 1. The molecule has 1 saturated heterocycles. The maximum absolute atomic E-state index is 13.1. The maximum Gasteiger partial charge on any atom is 0.340 e. The third-order valence-electron chi connectivity index (χ3n) is 6.44. The van der Waals surface area contributed by atoms with Gasteiger partial charge in [0, 0.05) is 45.0 Å². The number of rotatable bonds is 6. The van der Waals surface area contributed by atoms with Gasteiger partial charge in [-0.2, -0.15) is 17.0 Å². The van der Waals surface area contributed by atoms with Gasteiger partial charge in [-0.25, -0.2) is 4.79 Å². The highest BCUT2D eigenvalue weighted by atomic mass is 32.2. The van der Waals surface area contributed by atoms with Crippen molar-refractivity contribution in [3.8, 4) is 0 Å². The normalized spacial score (nSPS) is 19.1. The Balaban J connectivity index is 1.66. The standard InChI is InChI=1S/C21H34N4O5S/c1-5-30-21(27)18-15(2)19(22-16(18)3)20(26)24-11-13-25(14-12-24)31(28,29)23(4)17-9-7-6-8-10-17/h17,22H,5-14H2,1-4H3. The second kappa shape index (κ2) is 9.70. The zero-order chi connectivity index (χ0) is 22.8. The van der Waals surface area contributed by atoms with E-state index in [0.29, 0.717) is 35.6 Å². The summed E-state index contributed by atoms with van der Waals surface area (Å²) in [5.74, 6) is -0.678. The summed E-state index contributed by atoms with van der Waals surface area (Å²) in [4.78, 5) is 29.9. The fraction of sp³-hybridized carbons (Fsp3) is 0.714. The molecule has 1 aliphatic heterocycles. The van der Waals surface area contributed by atoms with Crippen LogP contribution in [-0.2, 0) is 14.9 Å². The highest BCUT2D eigenvalue weighted by molar-refractivity contribution is 7.86. The van der Waals surface area contributed by atoms with Gasteiger partial charge >= 0.3 is 5.97 Å². The quantitative estimate of drug-likeness (QED) is 0.663. The van der Waals surface area contributed by atoms with Gasteiger partial charge in [-0.05, 0) is 39.2 Å². The number of piperazine rings is 1. The third-order valence-corrected chi connectivity index (χ3v) is 8.48. The summed E-state index contributed by atoms with van der Waals surface area (Å²) in [5, 5.41) is 0. The van der Waals surface area contributed by atoms with Gasteiger partial charge in [0.15, 0.2) is 0 Å². The van der Waals surface area contributed by atoms with Crippen molar-refractivity contribution in [2.24, 2.45) is 0 Å². The number of hydrogen-bond acceptors (Lipinski definition) is 5. The summed E-state index contributed by atoms with van der Waals surface area (Å²) in [6, 6.07) is 0.0595. The molecular weight excluding hydrogens is 420 g/mol. The zero-order valence-corrected chi connectivity index (χ0v) is 19.8. The van der Waals surface area contributed by atoms with Gasteiger partial charge in [-0.15, -0.1) is 0 Å². The summed E-state index contributed by atoms with van der Waals surface area (Å²) in [6.07, 6.45) is 5.11. The van der Waals surface area contributed by atoms with Crippen LogP contribution in [0.2, 0.25) is 0 Å². The summed E-state index contributed by atoms with van der Waals surface area (Å²) in [5.41, 5.74) is 1.90. The van der Waals surface area contributed by atoms with Gasteiger partial charge in [0.25, 0.3) is 16.1 Å². The van der Waals surface area contributed by atoms with Crippen LogP contribution in [0.4, 0.5) is 0 Å². The van der Waals surface area contributed by atoms with Gasteiger partial charge in [0.1, 0.15) is 5.69 Å². The van der Waals surface area contributed by atoms with Crippen molar-refractivity contribution >= 4 is 22.1 Å². The van der Waals surface area contributed by atoms with Gasteiger partial charge in [-0.1, -0.05) is 19.3 Å². The third kappa shape index (κ3) is 4.80. The second-order valence-electron chi connectivity index (χ2n) is 8.35. The maximum atomic E-state index is 13.1. The van der Waals surface area contributed by atoms with Crippen LogP contribution in [0.25, 0.3) is 0 Å². The van der Waals surface area contributed by atoms with E-state index in [9.17, 15) is 18.0 Å². The number of hydrogen-bond donors (Lipinski definition) is 1. The Morgan fingerprint density at radius 2 is 1.71 bits per heavy atom. The molecule has 1 aliphatic carbocycles. The Morgan fingerprint density at radius 1 is 1.10 bits per heavy atom. The van der Waals surface area contributed by atoms with Crippen molar-refractivity contribution in [3.05, 3.63) is 22.5 Å². The molecule has 0 spiro atoms. The van der Waals surface area contributed by atoms with E-state index in [4.69, 9.17) is 4.74 Å². The molecule has 0 aromatic carbocycles. The molecular formula is C21H34N4O5S. The number of nitrogens with one attached hydrogen (secondary N) is 1. The smallest absolute Gasteiger partial charge is 0.340 e. The van der Waals surface area contributed by atoms with E-state index in [1.54, 1.807) is 32.7 Å². The lowest BCUT2D eigenvalue weighted by atomic mass is 9.96. The van der Waals surface area contributed by atoms with E-state index in [1.165, 1.54) is 15.0 Å². The molecule has 0 radical (unpaired) electrons. The number of esters is 1. The van der Waals surface area contributed by atoms with Crippen LogP contribution in [0, 0.1) is 13.8 Å². The summed E-state index contributed by atoms with van der Waals surface area (Å²) < 4.78 is 34.2. The first-order valence-corrected chi connectivity index (χ1v) is 12.5. The molecule has 0 unspecified atom stereocenters. The largest absolute Gasteiger partial charge is 0.462 e. The number of amides is 1. The van der Waals surface area contributed by atoms with E-state index < -0.39 is 16.2 Å². The van der Waals surface area contributed by atoms with E-state index >= 15 is 0 Å². The van der Waals surface area contributed by atoms with E-state index in [1.807, 2.05) is 0 Å². The Kier molecular flexibility index (Phi) is 7.43. The molecule has 2 aliphatic rings. The molecule has 10 heteroatoms. The van der Waals surface area contributed by atoms with E-state index in [0.717, 1.165) is 25.7 Å². The number of H-pyrrole nitrogens is 1. The fourth-order valence-corrected chi connectivity index (χ4v) is 6.15. The van der Waals surface area contributed by atoms with E-state index in [-0.39, 0.29) is 31.6 Å². The molecule has 3 rings (SSSR count). The first-order chi connectivity index (χ1) is 14.7. The monoisotopic (exact) mass is 454 g/mol. The highest BCUT2D eigenvalue weighted by Crippen LogP contribution is 2.26. The Bertz CT molecular complexity index is 912. The van der Waals surface area contributed by atoms with Crippen LogP contribution in [0.3, 0.4) is 0 Å². The van der Waals surface area contributed by atoms with Crippen molar-refractivity contribution in [2.75, 3.05) is 39.8 Å². The SMILES string of the molecule is CCOC(=O)c1c(C)[nH]c(C(=O)N2CCN(S(=O)(=O)N(C)C3CCCCC3)CC2)c1C. The number of nitrogens with zero attached hydrogens (tertiary/aromatic N) is 3. The van der Waals surface area contributed by atoms with Crippen molar-refractivity contribution in [1.82, 2.24) is 18.5 Å². The van der Waals surface area contributed by atoms with Crippen LogP contribution in [0.5, 0.6) is 0 Å². The second-order valence-corrected chi connectivity index (χ2v) is 10.3. The zero-order valence-electron chi connectivity index (χ0n) is 18.9. The molecule has 2 fully saturated rings. The molecule has 9 nitrogen and oxygen atoms in total.